The lowest BCUT2D eigenvalue weighted by atomic mass is 10.1. The number of piperazine rings is 1. The van der Waals surface area contributed by atoms with Crippen LogP contribution in [0.4, 0.5) is 0 Å². The molecule has 0 saturated carbocycles. The smallest absolute Gasteiger partial charge is 0.414 e. The standard InChI is InChI=1S/C22H28N2O5.C2H2O4/c1-25-18-5-4-16(10-19(18)26-2)13-23-6-8-24(9-7-23)14-17-11-20(27-3)22-21(12-17)28-15-29-22;3-1(4)2(5)6/h4-5,10-12H,6-9,13-15H2,1-3H3;(H,3,4)(H,5,6). The van der Waals surface area contributed by atoms with Gasteiger partial charge in [0.2, 0.25) is 12.5 Å². The maximum absolute atomic E-state index is 9.10. The summed E-state index contributed by atoms with van der Waals surface area (Å²) >= 11 is 0. The van der Waals surface area contributed by atoms with Crippen LogP contribution in [-0.4, -0.2) is 86.3 Å². The number of methoxy groups -OCH3 is 3. The predicted octanol–water partition coefficient (Wildman–Crippen LogP) is 1.91. The molecule has 190 valence electrons. The molecular weight excluding hydrogens is 460 g/mol. The van der Waals surface area contributed by atoms with Crippen LogP contribution in [0, 0.1) is 0 Å². The predicted molar refractivity (Wildman–Crippen MR) is 124 cm³/mol. The number of hydrogen-bond acceptors (Lipinski definition) is 9. The topological polar surface area (TPSA) is 127 Å². The number of hydrogen-bond donors (Lipinski definition) is 2. The van der Waals surface area contributed by atoms with Crippen molar-refractivity contribution in [3.05, 3.63) is 41.5 Å². The minimum absolute atomic E-state index is 0.254. The van der Waals surface area contributed by atoms with Crippen molar-refractivity contribution in [2.45, 2.75) is 13.1 Å². The first kappa shape index (κ1) is 25.9. The maximum Gasteiger partial charge on any atom is 0.414 e. The minimum Gasteiger partial charge on any atom is -0.493 e. The van der Waals surface area contributed by atoms with E-state index in [2.05, 4.69) is 28.0 Å². The fourth-order valence-corrected chi connectivity index (χ4v) is 3.88. The summed E-state index contributed by atoms with van der Waals surface area (Å²) in [6.07, 6.45) is 0. The normalized spacial score (nSPS) is 15.1. The highest BCUT2D eigenvalue weighted by Gasteiger charge is 2.22. The third-order valence-electron chi connectivity index (χ3n) is 5.63. The summed E-state index contributed by atoms with van der Waals surface area (Å²) in [6.45, 7) is 6.12. The Bertz CT molecular complexity index is 1020. The van der Waals surface area contributed by atoms with E-state index in [1.54, 1.807) is 21.3 Å². The van der Waals surface area contributed by atoms with E-state index in [0.29, 0.717) is 5.75 Å². The fourth-order valence-electron chi connectivity index (χ4n) is 3.88. The van der Waals surface area contributed by atoms with Gasteiger partial charge in [-0.3, -0.25) is 9.80 Å². The van der Waals surface area contributed by atoms with Crippen LogP contribution in [-0.2, 0) is 22.7 Å². The molecule has 1 fully saturated rings. The molecule has 4 rings (SSSR count). The Kier molecular flexibility index (Phi) is 8.98. The van der Waals surface area contributed by atoms with Crippen molar-refractivity contribution in [2.75, 3.05) is 54.3 Å². The van der Waals surface area contributed by atoms with Crippen molar-refractivity contribution in [1.29, 1.82) is 0 Å². The van der Waals surface area contributed by atoms with Gasteiger partial charge in [-0.2, -0.15) is 0 Å². The van der Waals surface area contributed by atoms with Crippen LogP contribution in [0.5, 0.6) is 28.7 Å². The summed E-state index contributed by atoms with van der Waals surface area (Å²) in [6, 6.07) is 10.2. The molecule has 0 unspecified atom stereocenters. The lowest BCUT2D eigenvalue weighted by Crippen LogP contribution is -2.45. The lowest BCUT2D eigenvalue weighted by Gasteiger charge is -2.34. The maximum atomic E-state index is 9.10. The average Bonchev–Trinajstić information content (AvgIpc) is 3.33. The molecule has 2 heterocycles. The zero-order valence-electron chi connectivity index (χ0n) is 20.0. The molecule has 11 heteroatoms. The number of rotatable bonds is 7. The number of benzene rings is 2. The Morgan fingerprint density at radius 1 is 0.771 bits per heavy atom. The van der Waals surface area contributed by atoms with Crippen LogP contribution in [0.3, 0.4) is 0 Å². The van der Waals surface area contributed by atoms with Gasteiger partial charge in [-0.15, -0.1) is 0 Å². The van der Waals surface area contributed by atoms with Gasteiger partial charge in [-0.05, 0) is 35.4 Å². The van der Waals surface area contributed by atoms with Crippen molar-refractivity contribution in [3.63, 3.8) is 0 Å². The van der Waals surface area contributed by atoms with Crippen LogP contribution in [0.2, 0.25) is 0 Å². The molecule has 0 atom stereocenters. The van der Waals surface area contributed by atoms with E-state index >= 15 is 0 Å². The Labute approximate surface area is 203 Å². The molecule has 2 aliphatic rings. The first-order valence-electron chi connectivity index (χ1n) is 10.9. The highest BCUT2D eigenvalue weighted by atomic mass is 16.7. The summed E-state index contributed by atoms with van der Waals surface area (Å²) in [7, 11) is 4.99. The Balaban J connectivity index is 0.000000509. The van der Waals surface area contributed by atoms with Crippen molar-refractivity contribution in [2.24, 2.45) is 0 Å². The van der Waals surface area contributed by atoms with Gasteiger partial charge in [0.1, 0.15) is 0 Å². The van der Waals surface area contributed by atoms with E-state index in [1.165, 1.54) is 11.1 Å². The second-order valence-corrected chi connectivity index (χ2v) is 7.88. The van der Waals surface area contributed by atoms with E-state index in [1.807, 2.05) is 12.1 Å². The van der Waals surface area contributed by atoms with Crippen LogP contribution >= 0.6 is 0 Å². The molecule has 11 nitrogen and oxygen atoms in total. The minimum atomic E-state index is -1.82. The van der Waals surface area contributed by atoms with Crippen molar-refractivity contribution < 1.29 is 43.5 Å². The highest BCUT2D eigenvalue weighted by Crippen LogP contribution is 2.42. The van der Waals surface area contributed by atoms with Crippen LogP contribution in [0.25, 0.3) is 0 Å². The van der Waals surface area contributed by atoms with Crippen LogP contribution < -0.4 is 23.7 Å². The molecule has 1 saturated heterocycles. The first-order valence-corrected chi connectivity index (χ1v) is 10.9. The van der Waals surface area contributed by atoms with Gasteiger partial charge in [0.25, 0.3) is 0 Å². The number of carbonyl (C=O) groups is 2. The number of carboxylic acid groups (broad SMARTS) is 2. The van der Waals surface area contributed by atoms with E-state index < -0.39 is 11.9 Å². The second kappa shape index (κ2) is 12.1. The molecule has 0 radical (unpaired) electrons. The van der Waals surface area contributed by atoms with Crippen molar-refractivity contribution in [1.82, 2.24) is 9.80 Å². The largest absolute Gasteiger partial charge is 0.493 e. The van der Waals surface area contributed by atoms with Gasteiger partial charge in [0.05, 0.1) is 21.3 Å². The van der Waals surface area contributed by atoms with Gasteiger partial charge in [-0.25, -0.2) is 9.59 Å². The summed E-state index contributed by atoms with van der Waals surface area (Å²) in [4.78, 5) is 23.1. The summed E-state index contributed by atoms with van der Waals surface area (Å²) in [5, 5.41) is 14.8. The van der Waals surface area contributed by atoms with E-state index in [9.17, 15) is 0 Å². The van der Waals surface area contributed by atoms with Crippen LogP contribution in [0.15, 0.2) is 30.3 Å². The number of aliphatic carboxylic acids is 2. The Morgan fingerprint density at radius 3 is 1.86 bits per heavy atom. The molecule has 2 N–H and O–H groups in total. The number of ether oxygens (including phenoxy) is 5. The van der Waals surface area contributed by atoms with E-state index in [-0.39, 0.29) is 6.79 Å². The Morgan fingerprint density at radius 2 is 1.31 bits per heavy atom. The molecule has 0 bridgehead atoms. The SMILES string of the molecule is COc1ccc(CN2CCN(Cc3cc(OC)c4c(c3)OCO4)CC2)cc1OC.O=C(O)C(=O)O. The molecular formula is C24H30N2O9. The number of nitrogens with zero attached hydrogens (tertiary/aromatic N) is 2. The lowest BCUT2D eigenvalue weighted by molar-refractivity contribution is -0.159. The van der Waals surface area contributed by atoms with E-state index in [4.69, 9.17) is 43.5 Å². The average molecular weight is 491 g/mol. The quantitative estimate of drug-likeness (QED) is 0.553. The molecule has 2 aromatic carbocycles. The number of carboxylic acids is 2. The van der Waals surface area contributed by atoms with Crippen LogP contribution in [0.1, 0.15) is 11.1 Å². The molecule has 0 aliphatic carbocycles. The third kappa shape index (κ3) is 6.90. The van der Waals surface area contributed by atoms with Crippen molar-refractivity contribution >= 4 is 11.9 Å². The first-order chi connectivity index (χ1) is 16.8. The monoisotopic (exact) mass is 490 g/mol. The number of fused-ring (bicyclic) bond motifs is 1. The van der Waals surface area contributed by atoms with E-state index in [0.717, 1.165) is 62.3 Å². The zero-order chi connectivity index (χ0) is 25.4. The van der Waals surface area contributed by atoms with Crippen molar-refractivity contribution in [3.8, 4) is 28.7 Å². The van der Waals surface area contributed by atoms with Gasteiger partial charge < -0.3 is 33.9 Å². The van der Waals surface area contributed by atoms with Gasteiger partial charge in [-0.1, -0.05) is 6.07 Å². The molecule has 2 aromatic rings. The highest BCUT2D eigenvalue weighted by molar-refractivity contribution is 6.27. The van der Waals surface area contributed by atoms with Gasteiger partial charge in [0.15, 0.2) is 23.0 Å². The molecule has 35 heavy (non-hydrogen) atoms. The molecule has 2 aliphatic heterocycles. The van der Waals surface area contributed by atoms with Gasteiger partial charge >= 0.3 is 11.9 Å². The zero-order valence-corrected chi connectivity index (χ0v) is 20.0. The fraction of sp³-hybridized carbons (Fsp3) is 0.417. The Hall–Kier alpha value is -3.70. The molecule has 0 aromatic heterocycles. The molecule has 0 amide bonds. The second-order valence-electron chi connectivity index (χ2n) is 7.88. The summed E-state index contributed by atoms with van der Waals surface area (Å²) in [5.41, 5.74) is 2.41. The van der Waals surface area contributed by atoms with Gasteiger partial charge in [0, 0.05) is 39.3 Å². The molecule has 0 spiro atoms. The summed E-state index contributed by atoms with van der Waals surface area (Å²) in [5.74, 6) is 0.107. The third-order valence-corrected chi connectivity index (χ3v) is 5.63. The summed E-state index contributed by atoms with van der Waals surface area (Å²) < 4.78 is 27.2.